The maximum absolute atomic E-state index is 12.5. The standard InChI is InChI=1S/C20H19N3O2S/c21-20(25)15-9-4-5-10-16(15)22-13-18(24)23-19(17-11-6-12-26-17)14-7-2-1-3-8-14/h1-12,19,22H,13H2,(H2,21,25)(H,23,24). The maximum atomic E-state index is 12.5. The molecule has 2 amide bonds. The molecule has 1 aromatic heterocycles. The molecule has 5 nitrogen and oxygen atoms in total. The van der Waals surface area contributed by atoms with Gasteiger partial charge in [0.2, 0.25) is 5.91 Å². The van der Waals surface area contributed by atoms with E-state index in [2.05, 4.69) is 10.6 Å². The Morgan fingerprint density at radius 1 is 0.962 bits per heavy atom. The molecule has 4 N–H and O–H groups in total. The fraction of sp³-hybridized carbons (Fsp3) is 0.100. The quantitative estimate of drug-likeness (QED) is 0.601. The zero-order valence-corrected chi connectivity index (χ0v) is 14.8. The van der Waals surface area contributed by atoms with Gasteiger partial charge in [-0.1, -0.05) is 48.5 Å². The molecule has 2 aromatic carbocycles. The third-order valence-corrected chi connectivity index (χ3v) is 4.84. The van der Waals surface area contributed by atoms with E-state index in [0.717, 1.165) is 10.4 Å². The predicted octanol–water partition coefficient (Wildman–Crippen LogP) is 3.16. The summed E-state index contributed by atoms with van der Waals surface area (Å²) in [7, 11) is 0. The highest BCUT2D eigenvalue weighted by atomic mass is 32.1. The van der Waals surface area contributed by atoms with Gasteiger partial charge in [0.15, 0.2) is 0 Å². The number of anilines is 1. The van der Waals surface area contributed by atoms with E-state index in [9.17, 15) is 9.59 Å². The van der Waals surface area contributed by atoms with Gasteiger partial charge in [-0.2, -0.15) is 0 Å². The van der Waals surface area contributed by atoms with Crippen molar-refractivity contribution < 1.29 is 9.59 Å². The molecule has 3 rings (SSSR count). The van der Waals surface area contributed by atoms with Crippen LogP contribution < -0.4 is 16.4 Å². The van der Waals surface area contributed by atoms with Crippen LogP contribution in [-0.2, 0) is 4.79 Å². The second-order valence-corrected chi connectivity index (χ2v) is 6.67. The van der Waals surface area contributed by atoms with Gasteiger partial charge < -0.3 is 16.4 Å². The number of carbonyl (C=O) groups is 2. The first kappa shape index (κ1) is 17.7. The molecule has 132 valence electrons. The van der Waals surface area contributed by atoms with Crippen molar-refractivity contribution in [1.29, 1.82) is 0 Å². The summed E-state index contributed by atoms with van der Waals surface area (Å²) >= 11 is 1.59. The normalized spacial score (nSPS) is 11.5. The van der Waals surface area contributed by atoms with E-state index in [1.165, 1.54) is 0 Å². The van der Waals surface area contributed by atoms with E-state index in [1.54, 1.807) is 35.6 Å². The maximum Gasteiger partial charge on any atom is 0.250 e. The Morgan fingerprint density at radius 3 is 2.38 bits per heavy atom. The molecule has 0 fully saturated rings. The van der Waals surface area contributed by atoms with E-state index in [4.69, 9.17) is 5.73 Å². The summed E-state index contributed by atoms with van der Waals surface area (Å²) in [5.74, 6) is -0.708. The van der Waals surface area contributed by atoms with Crippen LogP contribution in [0.4, 0.5) is 5.69 Å². The molecule has 0 aliphatic rings. The van der Waals surface area contributed by atoms with Gasteiger partial charge >= 0.3 is 0 Å². The molecule has 0 spiro atoms. The van der Waals surface area contributed by atoms with Crippen molar-refractivity contribution in [2.24, 2.45) is 5.73 Å². The molecule has 0 radical (unpaired) electrons. The van der Waals surface area contributed by atoms with Gasteiger partial charge in [0.05, 0.1) is 18.2 Å². The Bertz CT molecular complexity index is 879. The number of rotatable bonds is 7. The molecule has 0 aliphatic carbocycles. The third-order valence-electron chi connectivity index (χ3n) is 3.90. The topological polar surface area (TPSA) is 84.2 Å². The summed E-state index contributed by atoms with van der Waals surface area (Å²) in [5.41, 5.74) is 7.28. The summed E-state index contributed by atoms with van der Waals surface area (Å²) in [5, 5.41) is 8.02. The zero-order chi connectivity index (χ0) is 18.4. The molecule has 3 aromatic rings. The summed E-state index contributed by atoms with van der Waals surface area (Å²) in [4.78, 5) is 25.0. The van der Waals surface area contributed by atoms with Crippen molar-refractivity contribution >= 4 is 28.8 Å². The molecule has 1 heterocycles. The molecule has 0 saturated heterocycles. The van der Waals surface area contributed by atoms with E-state index >= 15 is 0 Å². The largest absolute Gasteiger partial charge is 0.376 e. The molecular formula is C20H19N3O2S. The zero-order valence-electron chi connectivity index (χ0n) is 14.0. The Kier molecular flexibility index (Phi) is 5.66. The molecule has 0 bridgehead atoms. The second-order valence-electron chi connectivity index (χ2n) is 5.69. The highest BCUT2D eigenvalue weighted by molar-refractivity contribution is 7.10. The lowest BCUT2D eigenvalue weighted by Crippen LogP contribution is -2.33. The first-order valence-corrected chi connectivity index (χ1v) is 9.03. The minimum atomic E-state index is -0.533. The lowest BCUT2D eigenvalue weighted by molar-refractivity contribution is -0.119. The van der Waals surface area contributed by atoms with Gasteiger partial charge in [0, 0.05) is 10.6 Å². The van der Waals surface area contributed by atoms with Gasteiger partial charge in [-0.25, -0.2) is 0 Å². The number of para-hydroxylation sites is 1. The number of nitrogens with one attached hydrogen (secondary N) is 2. The van der Waals surface area contributed by atoms with Crippen molar-refractivity contribution in [1.82, 2.24) is 5.32 Å². The van der Waals surface area contributed by atoms with Crippen LogP contribution >= 0.6 is 11.3 Å². The number of nitrogens with two attached hydrogens (primary N) is 1. The fourth-order valence-electron chi connectivity index (χ4n) is 2.66. The molecule has 6 heteroatoms. The Hall–Kier alpha value is -3.12. The monoisotopic (exact) mass is 365 g/mol. The van der Waals surface area contributed by atoms with E-state index in [0.29, 0.717) is 11.3 Å². The first-order valence-electron chi connectivity index (χ1n) is 8.15. The fourth-order valence-corrected chi connectivity index (χ4v) is 3.46. The average Bonchev–Trinajstić information content (AvgIpc) is 3.19. The van der Waals surface area contributed by atoms with Crippen LogP contribution in [0.25, 0.3) is 0 Å². The van der Waals surface area contributed by atoms with Crippen LogP contribution in [0.2, 0.25) is 0 Å². The van der Waals surface area contributed by atoms with Crippen LogP contribution in [0.3, 0.4) is 0 Å². The van der Waals surface area contributed by atoms with Gasteiger partial charge in [-0.05, 0) is 29.1 Å². The minimum Gasteiger partial charge on any atom is -0.376 e. The molecular weight excluding hydrogens is 346 g/mol. The highest BCUT2D eigenvalue weighted by Gasteiger charge is 2.18. The third kappa shape index (κ3) is 4.29. The van der Waals surface area contributed by atoms with Crippen molar-refractivity contribution in [3.8, 4) is 0 Å². The van der Waals surface area contributed by atoms with E-state index < -0.39 is 5.91 Å². The van der Waals surface area contributed by atoms with Crippen molar-refractivity contribution in [3.63, 3.8) is 0 Å². The van der Waals surface area contributed by atoms with Crippen LogP contribution in [0.1, 0.15) is 26.8 Å². The van der Waals surface area contributed by atoms with Gasteiger partial charge in [0.25, 0.3) is 5.91 Å². The number of amides is 2. The lowest BCUT2D eigenvalue weighted by atomic mass is 10.1. The smallest absolute Gasteiger partial charge is 0.250 e. The molecule has 26 heavy (non-hydrogen) atoms. The molecule has 1 unspecified atom stereocenters. The first-order chi connectivity index (χ1) is 12.6. The predicted molar refractivity (Wildman–Crippen MR) is 104 cm³/mol. The molecule has 1 atom stereocenters. The number of carbonyl (C=O) groups excluding carboxylic acids is 2. The van der Waals surface area contributed by atoms with Crippen LogP contribution in [0.15, 0.2) is 72.1 Å². The average molecular weight is 365 g/mol. The summed E-state index contributed by atoms with van der Waals surface area (Å²) in [6.45, 7) is 0.0407. The van der Waals surface area contributed by atoms with Crippen LogP contribution in [0.5, 0.6) is 0 Å². The second kappa shape index (κ2) is 8.31. The van der Waals surface area contributed by atoms with Gasteiger partial charge in [-0.15, -0.1) is 11.3 Å². The number of hydrogen-bond acceptors (Lipinski definition) is 4. The Morgan fingerprint density at radius 2 is 1.69 bits per heavy atom. The van der Waals surface area contributed by atoms with Crippen molar-refractivity contribution in [2.75, 3.05) is 11.9 Å². The number of primary amides is 1. The van der Waals surface area contributed by atoms with E-state index in [1.807, 2.05) is 47.8 Å². The number of benzene rings is 2. The lowest BCUT2D eigenvalue weighted by Gasteiger charge is -2.19. The summed E-state index contributed by atoms with van der Waals surface area (Å²) < 4.78 is 0. The summed E-state index contributed by atoms with van der Waals surface area (Å²) in [6.07, 6.45) is 0. The SMILES string of the molecule is NC(=O)c1ccccc1NCC(=O)NC(c1ccccc1)c1cccs1. The highest BCUT2D eigenvalue weighted by Crippen LogP contribution is 2.25. The van der Waals surface area contributed by atoms with Gasteiger partial charge in [0.1, 0.15) is 0 Å². The van der Waals surface area contributed by atoms with Crippen molar-refractivity contribution in [2.45, 2.75) is 6.04 Å². The Labute approximate surface area is 155 Å². The van der Waals surface area contributed by atoms with Crippen LogP contribution in [-0.4, -0.2) is 18.4 Å². The molecule has 0 saturated carbocycles. The minimum absolute atomic E-state index is 0.0407. The van der Waals surface area contributed by atoms with E-state index in [-0.39, 0.29) is 18.5 Å². The van der Waals surface area contributed by atoms with Gasteiger partial charge in [-0.3, -0.25) is 9.59 Å². The van der Waals surface area contributed by atoms with Crippen molar-refractivity contribution in [3.05, 3.63) is 88.1 Å². The van der Waals surface area contributed by atoms with Crippen LogP contribution in [0, 0.1) is 0 Å². The number of hydrogen-bond donors (Lipinski definition) is 3. The Balaban J connectivity index is 1.71. The summed E-state index contributed by atoms with van der Waals surface area (Å²) in [6, 6.07) is 20.4. The number of thiophene rings is 1. The molecule has 0 aliphatic heterocycles.